The van der Waals surface area contributed by atoms with E-state index < -0.39 is 12.3 Å². The zero-order chi connectivity index (χ0) is 34.4. The summed E-state index contributed by atoms with van der Waals surface area (Å²) in [5, 5.41) is 21.4. The topological polar surface area (TPSA) is 108 Å². The van der Waals surface area contributed by atoms with E-state index in [4.69, 9.17) is 14.6 Å². The second-order valence-corrected chi connectivity index (χ2v) is 12.9. The number of carbonyl (C=O) groups is 2. The molecule has 0 spiro atoms. The largest absolute Gasteiger partial charge is 0.481 e. The van der Waals surface area contributed by atoms with Gasteiger partial charge in [-0.25, -0.2) is 0 Å². The van der Waals surface area contributed by atoms with Crippen LogP contribution >= 0.6 is 0 Å². The van der Waals surface area contributed by atoms with Crippen LogP contribution in [0.3, 0.4) is 0 Å². The lowest BCUT2D eigenvalue weighted by Crippen LogP contribution is -2.37. The summed E-state index contributed by atoms with van der Waals surface area (Å²) in [5.41, 5.74) is 7.24. The molecule has 8 heteroatoms. The molecule has 1 aliphatic heterocycles. The molecule has 0 bridgehead atoms. The van der Waals surface area contributed by atoms with E-state index in [1.807, 2.05) is 48.5 Å². The molecule has 1 heterocycles. The average molecular weight is 665 g/mol. The fourth-order valence-electron chi connectivity index (χ4n) is 6.31. The number of hydrogen-bond donors (Lipinski definition) is 3. The van der Waals surface area contributed by atoms with E-state index in [0.29, 0.717) is 19.4 Å². The van der Waals surface area contributed by atoms with Gasteiger partial charge in [-0.2, -0.15) is 0 Å². The summed E-state index contributed by atoms with van der Waals surface area (Å²) in [6.45, 7) is 2.01. The van der Waals surface area contributed by atoms with E-state index in [-0.39, 0.29) is 31.1 Å². The number of nitrogens with zero attached hydrogens (tertiary/aromatic N) is 1. The SMILES string of the molecule is CN(Cc1ccccc1)C[C@@H]1C[C@H](c2ccc(CO)cc2)O[C@H](c2ccc(-c3ccccc3CNC(=O)CCCCCCC(=O)O)cc2)O1. The maximum absolute atomic E-state index is 12.5. The average Bonchev–Trinajstić information content (AvgIpc) is 3.12. The maximum atomic E-state index is 12.5. The number of ether oxygens (including phenoxy) is 2. The van der Waals surface area contributed by atoms with Crippen LogP contribution < -0.4 is 5.32 Å². The van der Waals surface area contributed by atoms with Crippen molar-refractivity contribution in [3.05, 3.63) is 131 Å². The number of likely N-dealkylation sites (N-methyl/N-ethyl adjacent to an activating group) is 1. The smallest absolute Gasteiger partial charge is 0.303 e. The highest BCUT2D eigenvalue weighted by Crippen LogP contribution is 2.39. The molecule has 1 aliphatic rings. The van der Waals surface area contributed by atoms with Crippen molar-refractivity contribution in [3.63, 3.8) is 0 Å². The Kier molecular flexibility index (Phi) is 13.5. The minimum atomic E-state index is -0.774. The molecular weight excluding hydrogens is 616 g/mol. The van der Waals surface area contributed by atoms with Crippen molar-refractivity contribution in [1.29, 1.82) is 0 Å². The first-order valence-electron chi connectivity index (χ1n) is 17.3. The van der Waals surface area contributed by atoms with Crippen LogP contribution in [0.5, 0.6) is 0 Å². The van der Waals surface area contributed by atoms with Crippen molar-refractivity contribution < 1.29 is 29.3 Å². The third kappa shape index (κ3) is 11.1. The minimum Gasteiger partial charge on any atom is -0.481 e. The van der Waals surface area contributed by atoms with Crippen LogP contribution in [0, 0.1) is 0 Å². The van der Waals surface area contributed by atoms with Gasteiger partial charge in [0.25, 0.3) is 0 Å². The minimum absolute atomic E-state index is 0.000459. The van der Waals surface area contributed by atoms with E-state index in [1.54, 1.807) is 0 Å². The highest BCUT2D eigenvalue weighted by atomic mass is 16.7. The number of aliphatic carboxylic acids is 1. The molecular formula is C41H48N2O6. The van der Waals surface area contributed by atoms with Crippen molar-refractivity contribution in [1.82, 2.24) is 10.2 Å². The molecule has 1 amide bonds. The highest BCUT2D eigenvalue weighted by Gasteiger charge is 2.33. The second kappa shape index (κ2) is 18.4. The molecule has 4 aromatic rings. The Labute approximate surface area is 289 Å². The Hall–Kier alpha value is -4.34. The Bertz CT molecular complexity index is 1610. The summed E-state index contributed by atoms with van der Waals surface area (Å²) < 4.78 is 13.2. The normalized spacial score (nSPS) is 17.6. The fourth-order valence-corrected chi connectivity index (χ4v) is 6.31. The van der Waals surface area contributed by atoms with Gasteiger partial charge in [0.05, 0.1) is 18.8 Å². The van der Waals surface area contributed by atoms with Gasteiger partial charge in [0.15, 0.2) is 6.29 Å². The number of nitrogens with one attached hydrogen (secondary N) is 1. The summed E-state index contributed by atoms with van der Waals surface area (Å²) in [6.07, 6.45) is 3.64. The Morgan fingerprint density at radius 3 is 2.16 bits per heavy atom. The first-order valence-corrected chi connectivity index (χ1v) is 17.3. The molecule has 49 heavy (non-hydrogen) atoms. The van der Waals surface area contributed by atoms with Crippen LogP contribution in [0.2, 0.25) is 0 Å². The fraction of sp³-hybridized carbons (Fsp3) is 0.366. The summed E-state index contributed by atoms with van der Waals surface area (Å²) in [6, 6.07) is 34.7. The monoisotopic (exact) mass is 664 g/mol. The molecule has 3 atom stereocenters. The zero-order valence-electron chi connectivity index (χ0n) is 28.3. The van der Waals surface area contributed by atoms with Crippen molar-refractivity contribution in [3.8, 4) is 11.1 Å². The Morgan fingerprint density at radius 1 is 0.776 bits per heavy atom. The van der Waals surface area contributed by atoms with Gasteiger partial charge in [-0.1, -0.05) is 116 Å². The molecule has 0 saturated carbocycles. The van der Waals surface area contributed by atoms with Crippen LogP contribution in [-0.4, -0.2) is 46.7 Å². The predicted octanol–water partition coefficient (Wildman–Crippen LogP) is 7.56. The predicted molar refractivity (Wildman–Crippen MR) is 190 cm³/mol. The van der Waals surface area contributed by atoms with Gasteiger partial charge in [-0.3, -0.25) is 14.5 Å². The summed E-state index contributed by atoms with van der Waals surface area (Å²) in [5.74, 6) is -0.775. The molecule has 1 saturated heterocycles. The molecule has 258 valence electrons. The summed E-state index contributed by atoms with van der Waals surface area (Å²) >= 11 is 0. The van der Waals surface area contributed by atoms with Gasteiger partial charge in [0, 0.05) is 44.5 Å². The first-order chi connectivity index (χ1) is 23.9. The van der Waals surface area contributed by atoms with E-state index in [2.05, 4.69) is 71.9 Å². The number of aliphatic hydroxyl groups is 1. The van der Waals surface area contributed by atoms with Crippen LogP contribution in [0.25, 0.3) is 11.1 Å². The van der Waals surface area contributed by atoms with E-state index in [1.165, 1.54) is 5.56 Å². The van der Waals surface area contributed by atoms with Gasteiger partial charge in [-0.15, -0.1) is 0 Å². The number of hydrogen-bond acceptors (Lipinski definition) is 6. The number of unbranched alkanes of at least 4 members (excludes halogenated alkanes) is 3. The number of aliphatic hydroxyl groups excluding tert-OH is 1. The highest BCUT2D eigenvalue weighted by molar-refractivity contribution is 5.76. The molecule has 0 unspecified atom stereocenters. The standard InChI is InChI=1S/C41H48N2O6/c1-43(27-30-11-5-4-6-12-30)28-36-25-38(33-19-17-31(29-44)18-20-33)49-41(48-36)34-23-21-32(22-24-34)37-14-10-9-13-35(37)26-42-39(45)15-7-2-3-8-16-40(46)47/h4-6,9-14,17-24,36,38,41,44H,2-3,7-8,15-16,25-29H2,1H3,(H,42,45)(H,46,47)/t36-,38+,41+/m0/s1. The number of amides is 1. The van der Waals surface area contributed by atoms with Gasteiger partial charge in [0.1, 0.15) is 0 Å². The van der Waals surface area contributed by atoms with Crippen LogP contribution in [-0.2, 0) is 38.8 Å². The van der Waals surface area contributed by atoms with E-state index >= 15 is 0 Å². The lowest BCUT2D eigenvalue weighted by atomic mass is 9.97. The van der Waals surface area contributed by atoms with Gasteiger partial charge >= 0.3 is 5.97 Å². The van der Waals surface area contributed by atoms with Crippen molar-refractivity contribution in [2.75, 3.05) is 13.6 Å². The van der Waals surface area contributed by atoms with Crippen LogP contribution in [0.15, 0.2) is 103 Å². The molecule has 4 aromatic carbocycles. The number of benzene rings is 4. The van der Waals surface area contributed by atoms with Crippen LogP contribution in [0.1, 0.15) is 85.2 Å². The van der Waals surface area contributed by atoms with E-state index in [0.717, 1.165) is 72.2 Å². The molecule has 0 aliphatic carbocycles. The van der Waals surface area contributed by atoms with Crippen molar-refractivity contribution >= 4 is 11.9 Å². The van der Waals surface area contributed by atoms with Gasteiger partial charge in [-0.05, 0) is 53.3 Å². The second-order valence-electron chi connectivity index (χ2n) is 12.9. The number of carbonyl (C=O) groups excluding carboxylic acids is 1. The quantitative estimate of drug-likeness (QED) is 0.100. The number of rotatable bonds is 17. The maximum Gasteiger partial charge on any atom is 0.303 e. The van der Waals surface area contributed by atoms with Crippen LogP contribution in [0.4, 0.5) is 0 Å². The number of carboxylic acids is 1. The van der Waals surface area contributed by atoms with Crippen molar-refractivity contribution in [2.45, 2.75) is 83.1 Å². The van der Waals surface area contributed by atoms with Crippen molar-refractivity contribution in [2.24, 2.45) is 0 Å². The molecule has 3 N–H and O–H groups in total. The Balaban J connectivity index is 1.23. The summed E-state index contributed by atoms with van der Waals surface area (Å²) in [4.78, 5) is 25.5. The lowest BCUT2D eigenvalue weighted by Gasteiger charge is -2.38. The third-order valence-corrected chi connectivity index (χ3v) is 8.96. The first kappa shape index (κ1) is 36.0. The summed E-state index contributed by atoms with van der Waals surface area (Å²) in [7, 11) is 2.12. The lowest BCUT2D eigenvalue weighted by molar-refractivity contribution is -0.252. The van der Waals surface area contributed by atoms with E-state index in [9.17, 15) is 14.7 Å². The zero-order valence-corrected chi connectivity index (χ0v) is 28.3. The number of carboxylic acid groups (broad SMARTS) is 1. The molecule has 8 nitrogen and oxygen atoms in total. The Morgan fingerprint density at radius 2 is 1.45 bits per heavy atom. The van der Waals surface area contributed by atoms with Gasteiger partial charge < -0.3 is 25.0 Å². The molecule has 0 aromatic heterocycles. The van der Waals surface area contributed by atoms with Gasteiger partial charge in [0.2, 0.25) is 5.91 Å². The third-order valence-electron chi connectivity index (χ3n) is 8.96. The molecule has 0 radical (unpaired) electrons. The molecule has 1 fully saturated rings. The molecule has 5 rings (SSSR count).